The number of carbonyl (C=O) groups is 1. The van der Waals surface area contributed by atoms with Gasteiger partial charge in [0, 0.05) is 24.8 Å². The van der Waals surface area contributed by atoms with Gasteiger partial charge < -0.3 is 16.4 Å². The highest BCUT2D eigenvalue weighted by molar-refractivity contribution is 5.81. The molecule has 9 nitrogen and oxygen atoms in total. The van der Waals surface area contributed by atoms with Gasteiger partial charge in [-0.3, -0.25) is 25.4 Å². The number of alkyl halides is 1. The maximum absolute atomic E-state index is 15.2. The molecule has 10 heteroatoms. The van der Waals surface area contributed by atoms with Crippen LogP contribution in [0, 0.1) is 16.7 Å². The predicted octanol–water partition coefficient (Wildman–Crippen LogP) is 2.26. The first-order valence-electron chi connectivity index (χ1n) is 15.5. The second-order valence-electron chi connectivity index (χ2n) is 12.6. The number of aliphatic imine (C=N–C) groups is 1. The van der Waals surface area contributed by atoms with Crippen LogP contribution in [0.5, 0.6) is 0 Å². The molecule has 0 radical (unpaired) electrons. The normalized spacial score (nSPS) is 44.2. The molecular formula is C29H51FN8O. The number of hydrogen-bond donors (Lipinski definition) is 6. The lowest BCUT2D eigenvalue weighted by atomic mass is 9.76. The van der Waals surface area contributed by atoms with Crippen molar-refractivity contribution in [1.82, 2.24) is 31.7 Å². The van der Waals surface area contributed by atoms with Gasteiger partial charge in [-0.05, 0) is 55.9 Å². The fourth-order valence-electron chi connectivity index (χ4n) is 8.54. The molecule has 0 aromatic carbocycles. The van der Waals surface area contributed by atoms with Gasteiger partial charge in [0.25, 0.3) is 0 Å². The molecule has 0 spiro atoms. The van der Waals surface area contributed by atoms with Crippen molar-refractivity contribution in [2.24, 2.45) is 27.5 Å². The van der Waals surface area contributed by atoms with E-state index in [-0.39, 0.29) is 47.1 Å². The molecule has 220 valence electrons. The van der Waals surface area contributed by atoms with Crippen LogP contribution in [-0.2, 0) is 4.79 Å². The Morgan fingerprint density at radius 3 is 2.72 bits per heavy atom. The number of rotatable bonds is 10. The van der Waals surface area contributed by atoms with Crippen molar-refractivity contribution >= 4 is 12.1 Å². The molecule has 0 aromatic rings. The molecule has 3 fully saturated rings. The highest BCUT2D eigenvalue weighted by Crippen LogP contribution is 2.74. The largest absolute Gasteiger partial charge is 0.346 e. The molecule has 1 aliphatic carbocycles. The van der Waals surface area contributed by atoms with Crippen LogP contribution in [0.1, 0.15) is 85.5 Å². The van der Waals surface area contributed by atoms with Crippen LogP contribution in [0.15, 0.2) is 16.8 Å². The van der Waals surface area contributed by atoms with Crippen molar-refractivity contribution in [3.8, 4) is 0 Å². The van der Waals surface area contributed by atoms with E-state index in [1.807, 2.05) is 0 Å². The summed E-state index contributed by atoms with van der Waals surface area (Å²) >= 11 is 0. The quantitative estimate of drug-likeness (QED) is 0.233. The van der Waals surface area contributed by atoms with E-state index < -0.39 is 18.3 Å². The lowest BCUT2D eigenvalue weighted by Crippen LogP contribution is -2.61. The Kier molecular flexibility index (Phi) is 8.69. The minimum atomic E-state index is -1.09. The summed E-state index contributed by atoms with van der Waals surface area (Å²) in [6.07, 6.45) is 10.8. The molecule has 10 unspecified atom stereocenters. The van der Waals surface area contributed by atoms with E-state index in [0.29, 0.717) is 13.1 Å². The minimum Gasteiger partial charge on any atom is -0.346 e. The number of amides is 1. The van der Waals surface area contributed by atoms with Gasteiger partial charge in [-0.25, -0.2) is 9.82 Å². The third kappa shape index (κ3) is 5.16. The summed E-state index contributed by atoms with van der Waals surface area (Å²) < 4.78 is 15.2. The average molecular weight is 547 g/mol. The smallest absolute Gasteiger partial charge is 0.228 e. The minimum absolute atomic E-state index is 0.0582. The van der Waals surface area contributed by atoms with Gasteiger partial charge in [-0.2, -0.15) is 0 Å². The zero-order valence-corrected chi connectivity index (χ0v) is 24.3. The zero-order chi connectivity index (χ0) is 27.8. The summed E-state index contributed by atoms with van der Waals surface area (Å²) in [7, 11) is 0. The molecule has 0 aromatic heterocycles. The van der Waals surface area contributed by atoms with Gasteiger partial charge in [0.15, 0.2) is 0 Å². The van der Waals surface area contributed by atoms with Crippen LogP contribution in [0.3, 0.4) is 0 Å². The maximum atomic E-state index is 15.2. The Balaban J connectivity index is 1.41. The number of halogens is 1. The van der Waals surface area contributed by atoms with Gasteiger partial charge >= 0.3 is 0 Å². The van der Waals surface area contributed by atoms with Crippen molar-refractivity contribution < 1.29 is 9.18 Å². The second kappa shape index (κ2) is 11.7. The summed E-state index contributed by atoms with van der Waals surface area (Å²) in [5.74, 6) is -0.658. The van der Waals surface area contributed by atoms with E-state index in [2.05, 4.69) is 65.5 Å². The van der Waals surface area contributed by atoms with E-state index in [4.69, 9.17) is 10.7 Å². The Hall–Kier alpha value is -1.59. The number of unbranched alkanes of at least 4 members (excludes halogenated alkanes) is 2. The van der Waals surface area contributed by atoms with Crippen LogP contribution in [0.25, 0.3) is 0 Å². The van der Waals surface area contributed by atoms with Crippen molar-refractivity contribution in [3.05, 3.63) is 11.8 Å². The van der Waals surface area contributed by atoms with Gasteiger partial charge in [0.1, 0.15) is 6.17 Å². The lowest BCUT2D eigenvalue weighted by Gasteiger charge is -2.40. The summed E-state index contributed by atoms with van der Waals surface area (Å²) in [5, 5.41) is 16.3. The number of nitrogens with two attached hydrogens (primary N) is 1. The summed E-state index contributed by atoms with van der Waals surface area (Å²) in [5.41, 5.74) is 11.2. The molecule has 39 heavy (non-hydrogen) atoms. The molecule has 7 N–H and O–H groups in total. The van der Waals surface area contributed by atoms with Gasteiger partial charge in [-0.1, -0.05) is 46.5 Å². The molecule has 1 saturated carbocycles. The molecule has 1 amide bonds. The summed E-state index contributed by atoms with van der Waals surface area (Å²) in [6.45, 7) is 10.1. The number of carbonyl (C=O) groups excluding carboxylic acids is 1. The zero-order valence-electron chi connectivity index (χ0n) is 24.3. The third-order valence-electron chi connectivity index (χ3n) is 10.4. The van der Waals surface area contributed by atoms with Crippen LogP contribution in [0.4, 0.5) is 4.39 Å². The van der Waals surface area contributed by atoms with E-state index in [0.717, 1.165) is 63.6 Å². The van der Waals surface area contributed by atoms with E-state index in [1.165, 1.54) is 6.21 Å². The molecule has 5 rings (SSSR count). The molecular weight excluding hydrogens is 495 g/mol. The topological polar surface area (TPSA) is 119 Å². The average Bonchev–Trinajstić information content (AvgIpc) is 3.16. The monoisotopic (exact) mass is 546 g/mol. The first kappa shape index (κ1) is 28.9. The summed E-state index contributed by atoms with van der Waals surface area (Å²) in [4.78, 5) is 19.0. The number of nitrogens with zero attached hydrogens (tertiary/aromatic N) is 2. The number of hydrazine groups is 1. The molecule has 2 bridgehead atoms. The first-order valence-corrected chi connectivity index (χ1v) is 15.5. The summed E-state index contributed by atoms with van der Waals surface area (Å²) in [6, 6.07) is -0.291. The highest BCUT2D eigenvalue weighted by Gasteiger charge is 2.76. The molecule has 5 aliphatic rings. The maximum Gasteiger partial charge on any atom is 0.228 e. The number of fused-ring (bicyclic) bond motifs is 2. The number of nitrogens with one attached hydrogen (secondary N) is 5. The van der Waals surface area contributed by atoms with Crippen LogP contribution < -0.4 is 32.4 Å². The number of hydrogen-bond acceptors (Lipinski definition) is 8. The molecule has 4 heterocycles. The van der Waals surface area contributed by atoms with Crippen LogP contribution in [-0.4, -0.2) is 73.0 Å². The fourth-order valence-corrected chi connectivity index (χ4v) is 8.54. The molecule has 2 saturated heterocycles. The van der Waals surface area contributed by atoms with Gasteiger partial charge in [0.2, 0.25) is 5.91 Å². The molecule has 10 atom stereocenters. The van der Waals surface area contributed by atoms with Gasteiger partial charge in [0.05, 0.1) is 42.7 Å². The van der Waals surface area contributed by atoms with E-state index >= 15 is 4.39 Å². The predicted molar refractivity (Wildman–Crippen MR) is 153 cm³/mol. The van der Waals surface area contributed by atoms with E-state index in [9.17, 15) is 4.79 Å². The van der Waals surface area contributed by atoms with Crippen molar-refractivity contribution in [1.29, 1.82) is 0 Å². The van der Waals surface area contributed by atoms with Gasteiger partial charge in [-0.15, -0.1) is 0 Å². The van der Waals surface area contributed by atoms with Crippen molar-refractivity contribution in [3.63, 3.8) is 0 Å². The van der Waals surface area contributed by atoms with Crippen LogP contribution in [0.2, 0.25) is 0 Å². The first-order chi connectivity index (χ1) is 18.8. The third-order valence-corrected chi connectivity index (χ3v) is 10.4. The lowest BCUT2D eigenvalue weighted by molar-refractivity contribution is -0.127. The fraction of sp³-hybridized carbons (Fsp3) is 0.862. The Morgan fingerprint density at radius 1 is 1.21 bits per heavy atom. The van der Waals surface area contributed by atoms with Crippen molar-refractivity contribution in [2.45, 2.75) is 128 Å². The Labute approximate surface area is 233 Å². The van der Waals surface area contributed by atoms with Crippen molar-refractivity contribution in [2.75, 3.05) is 13.2 Å². The Bertz CT molecular complexity index is 946. The Morgan fingerprint density at radius 2 is 2.03 bits per heavy atom. The van der Waals surface area contributed by atoms with E-state index in [1.54, 1.807) is 0 Å². The van der Waals surface area contributed by atoms with Crippen LogP contribution >= 0.6 is 0 Å². The highest BCUT2D eigenvalue weighted by atomic mass is 19.1. The molecule has 4 aliphatic heterocycles. The second-order valence-corrected chi connectivity index (χ2v) is 12.6. The SMILES string of the molecule is CCCCCC1NCC=C(N2CNC(C)N2)C1NC(=O)C1C2CC3(CCC)C(NC1N)C3(CC)CC(F)/C=N\2. The standard InChI is InChI=1S/C29H51FN8O/c1-5-8-9-10-20-24(22(11-13-32-20)38-17-34-18(4)37-38)35-26(39)23-21-15-29(12-6-2)27(36-25(23)31)28(29,7-3)14-19(30)16-33-21/h11,16,18-21,23-25,27,32,34,36-37H,5-10,12-15,17,31H2,1-4H3,(H,35,39)/b33-16-.